The fourth-order valence-electron chi connectivity index (χ4n) is 2.04. The summed E-state index contributed by atoms with van der Waals surface area (Å²) in [6, 6.07) is 12.1. The number of para-hydroxylation sites is 2. The molecule has 2 amide bonds. The number of rotatable bonds is 5. The maximum atomic E-state index is 11.9. The number of amides is 2. The molecule has 2 N–H and O–H groups in total. The summed E-state index contributed by atoms with van der Waals surface area (Å²) >= 11 is 0. The molecule has 1 aliphatic rings. The molecule has 0 fully saturated rings. The van der Waals surface area contributed by atoms with Crippen molar-refractivity contribution in [3.05, 3.63) is 54.4 Å². The first-order chi connectivity index (χ1) is 11.2. The Kier molecular flexibility index (Phi) is 4.37. The number of nitrogens with zero attached hydrogens (tertiary/aromatic N) is 1. The van der Waals surface area contributed by atoms with Gasteiger partial charge in [-0.2, -0.15) is 0 Å². The molecule has 2 aromatic rings. The Morgan fingerprint density at radius 1 is 0.957 bits per heavy atom. The molecule has 118 valence electrons. The Morgan fingerprint density at radius 3 is 2.26 bits per heavy atom. The summed E-state index contributed by atoms with van der Waals surface area (Å²) < 4.78 is 10.8. The summed E-state index contributed by atoms with van der Waals surface area (Å²) in [5, 5.41) is 5.31. The molecule has 0 unspecified atom stereocenters. The monoisotopic (exact) mass is 313 g/mol. The molecule has 1 aromatic carbocycles. The highest BCUT2D eigenvalue weighted by molar-refractivity contribution is 5.92. The van der Waals surface area contributed by atoms with Crippen molar-refractivity contribution in [2.75, 3.05) is 13.1 Å². The molecule has 7 nitrogen and oxygen atoms in total. The number of pyridine rings is 1. The number of benzene rings is 1. The van der Waals surface area contributed by atoms with Gasteiger partial charge in [0.05, 0.1) is 0 Å². The molecule has 0 bridgehead atoms. The second kappa shape index (κ2) is 6.78. The Balaban J connectivity index is 1.40. The van der Waals surface area contributed by atoms with Gasteiger partial charge in [0.15, 0.2) is 11.5 Å². The van der Waals surface area contributed by atoms with E-state index in [9.17, 15) is 9.59 Å². The maximum Gasteiger partial charge on any atom is 0.321 e. The standard InChI is InChI=1S/C16H15N3O4/c20-14(11-5-3-4-8-17-11)18-9-10-19-15(21)16-22-12-6-1-2-7-13(12)23-16/h1-8,16H,9-10H2,(H,18,20)(H,19,21). The van der Waals surface area contributed by atoms with Crippen molar-refractivity contribution in [3.8, 4) is 11.5 Å². The van der Waals surface area contributed by atoms with Crippen LogP contribution in [0.3, 0.4) is 0 Å². The lowest BCUT2D eigenvalue weighted by Crippen LogP contribution is -2.43. The summed E-state index contributed by atoms with van der Waals surface area (Å²) in [6.07, 6.45) is 0.544. The first-order valence-electron chi connectivity index (χ1n) is 7.13. The third-order valence-electron chi connectivity index (χ3n) is 3.14. The molecular weight excluding hydrogens is 298 g/mol. The highest BCUT2D eigenvalue weighted by Crippen LogP contribution is 2.33. The number of hydrogen-bond donors (Lipinski definition) is 2. The summed E-state index contributed by atoms with van der Waals surface area (Å²) in [7, 11) is 0. The molecule has 2 heterocycles. The van der Waals surface area contributed by atoms with Gasteiger partial charge in [0.1, 0.15) is 5.69 Å². The third-order valence-corrected chi connectivity index (χ3v) is 3.14. The van der Waals surface area contributed by atoms with Crippen molar-refractivity contribution in [3.63, 3.8) is 0 Å². The van der Waals surface area contributed by atoms with Crippen molar-refractivity contribution in [2.24, 2.45) is 0 Å². The second-order valence-corrected chi connectivity index (χ2v) is 4.78. The Morgan fingerprint density at radius 2 is 1.61 bits per heavy atom. The number of aromatic nitrogens is 1. The van der Waals surface area contributed by atoms with Gasteiger partial charge in [0.25, 0.3) is 5.91 Å². The zero-order valence-corrected chi connectivity index (χ0v) is 12.2. The van der Waals surface area contributed by atoms with E-state index in [4.69, 9.17) is 9.47 Å². The molecule has 0 saturated carbocycles. The van der Waals surface area contributed by atoms with Crippen molar-refractivity contribution < 1.29 is 19.1 Å². The van der Waals surface area contributed by atoms with Gasteiger partial charge in [-0.3, -0.25) is 14.6 Å². The van der Waals surface area contributed by atoms with Gasteiger partial charge in [0, 0.05) is 19.3 Å². The van der Waals surface area contributed by atoms with Crippen molar-refractivity contribution >= 4 is 11.8 Å². The number of carbonyl (C=O) groups excluding carboxylic acids is 2. The van der Waals surface area contributed by atoms with Gasteiger partial charge < -0.3 is 20.1 Å². The molecule has 0 spiro atoms. The molecule has 3 rings (SSSR count). The number of nitrogens with one attached hydrogen (secondary N) is 2. The lowest BCUT2D eigenvalue weighted by atomic mass is 10.3. The van der Waals surface area contributed by atoms with E-state index in [1.165, 1.54) is 0 Å². The van der Waals surface area contributed by atoms with Gasteiger partial charge in [-0.05, 0) is 24.3 Å². The average molecular weight is 313 g/mol. The number of hydrogen-bond acceptors (Lipinski definition) is 5. The van der Waals surface area contributed by atoms with Crippen LogP contribution >= 0.6 is 0 Å². The minimum atomic E-state index is -1.00. The number of fused-ring (bicyclic) bond motifs is 1. The minimum Gasteiger partial charge on any atom is -0.442 e. The first-order valence-corrected chi connectivity index (χ1v) is 7.13. The molecule has 0 aliphatic carbocycles. The molecule has 0 atom stereocenters. The van der Waals surface area contributed by atoms with Crippen molar-refractivity contribution in [2.45, 2.75) is 6.29 Å². The smallest absolute Gasteiger partial charge is 0.321 e. The van der Waals surface area contributed by atoms with E-state index in [-0.39, 0.29) is 19.0 Å². The summed E-state index contributed by atoms with van der Waals surface area (Å²) in [4.78, 5) is 27.6. The number of carbonyl (C=O) groups is 2. The van der Waals surface area contributed by atoms with E-state index in [0.717, 1.165) is 0 Å². The van der Waals surface area contributed by atoms with E-state index in [1.807, 2.05) is 0 Å². The minimum absolute atomic E-state index is 0.261. The summed E-state index contributed by atoms with van der Waals surface area (Å²) in [5.41, 5.74) is 0.330. The molecule has 1 aromatic heterocycles. The average Bonchev–Trinajstić information content (AvgIpc) is 3.03. The molecule has 0 radical (unpaired) electrons. The largest absolute Gasteiger partial charge is 0.442 e. The van der Waals surface area contributed by atoms with Crippen LogP contribution in [0.25, 0.3) is 0 Å². The fourth-order valence-corrected chi connectivity index (χ4v) is 2.04. The van der Waals surface area contributed by atoms with Crippen LogP contribution in [0.1, 0.15) is 10.5 Å². The quantitative estimate of drug-likeness (QED) is 0.794. The van der Waals surface area contributed by atoms with Crippen LogP contribution in [-0.2, 0) is 4.79 Å². The predicted molar refractivity (Wildman–Crippen MR) is 81.1 cm³/mol. The van der Waals surface area contributed by atoms with Gasteiger partial charge in [-0.15, -0.1) is 0 Å². The normalized spacial score (nSPS) is 12.7. The molecule has 1 aliphatic heterocycles. The van der Waals surface area contributed by atoms with Crippen LogP contribution in [0.15, 0.2) is 48.7 Å². The number of ether oxygens (including phenoxy) is 2. The third kappa shape index (κ3) is 3.57. The zero-order chi connectivity index (χ0) is 16.1. The lowest BCUT2D eigenvalue weighted by molar-refractivity contribution is -0.136. The van der Waals surface area contributed by atoms with E-state index in [1.54, 1.807) is 48.7 Å². The van der Waals surface area contributed by atoms with Crippen LogP contribution in [0.4, 0.5) is 0 Å². The molecule has 23 heavy (non-hydrogen) atoms. The summed E-state index contributed by atoms with van der Waals surface area (Å²) in [5.74, 6) is 0.390. The van der Waals surface area contributed by atoms with Gasteiger partial charge in [0.2, 0.25) is 0 Å². The summed E-state index contributed by atoms with van der Waals surface area (Å²) in [6.45, 7) is 0.539. The topological polar surface area (TPSA) is 89.6 Å². The molecular formula is C16H15N3O4. The van der Waals surface area contributed by atoms with E-state index in [2.05, 4.69) is 15.6 Å². The second-order valence-electron chi connectivity index (χ2n) is 4.78. The highest BCUT2D eigenvalue weighted by Gasteiger charge is 2.30. The van der Waals surface area contributed by atoms with Crippen LogP contribution in [0.5, 0.6) is 11.5 Å². The van der Waals surface area contributed by atoms with Gasteiger partial charge in [-0.1, -0.05) is 18.2 Å². The zero-order valence-electron chi connectivity index (χ0n) is 12.2. The van der Waals surface area contributed by atoms with Gasteiger partial charge in [-0.25, -0.2) is 0 Å². The SMILES string of the molecule is O=C(NCCNC(=O)C1Oc2ccccc2O1)c1ccccn1. The van der Waals surface area contributed by atoms with Crippen LogP contribution in [0, 0.1) is 0 Å². The Labute approximate surface area is 132 Å². The molecule has 7 heteroatoms. The highest BCUT2D eigenvalue weighted by atomic mass is 16.7. The van der Waals surface area contributed by atoms with Crippen LogP contribution in [0.2, 0.25) is 0 Å². The van der Waals surface area contributed by atoms with Crippen LogP contribution in [-0.4, -0.2) is 36.2 Å². The Bertz CT molecular complexity index is 680. The Hall–Kier alpha value is -3.09. The van der Waals surface area contributed by atoms with Crippen LogP contribution < -0.4 is 20.1 Å². The van der Waals surface area contributed by atoms with Crippen molar-refractivity contribution in [1.82, 2.24) is 15.6 Å². The molecule has 0 saturated heterocycles. The van der Waals surface area contributed by atoms with Gasteiger partial charge >= 0.3 is 12.2 Å². The maximum absolute atomic E-state index is 11.9. The predicted octanol–water partition coefficient (Wildman–Crippen LogP) is 0.725. The van der Waals surface area contributed by atoms with E-state index < -0.39 is 12.2 Å². The fraction of sp³-hybridized carbons (Fsp3) is 0.188. The van der Waals surface area contributed by atoms with E-state index >= 15 is 0 Å². The van der Waals surface area contributed by atoms with Crippen molar-refractivity contribution in [1.29, 1.82) is 0 Å². The van der Waals surface area contributed by atoms with E-state index in [0.29, 0.717) is 17.2 Å². The lowest BCUT2D eigenvalue weighted by Gasteiger charge is -2.11. The first kappa shape index (κ1) is 14.8.